The maximum atomic E-state index is 8.78. The molecule has 0 spiro atoms. The zero-order chi connectivity index (χ0) is 20.9. The van der Waals surface area contributed by atoms with E-state index in [4.69, 9.17) is 21.8 Å². The molecule has 28 heavy (non-hydrogen) atoms. The number of nitrogens with one attached hydrogen (secondary N) is 1. The Morgan fingerprint density at radius 2 is 2.04 bits per heavy atom. The van der Waals surface area contributed by atoms with Crippen molar-refractivity contribution in [2.75, 3.05) is 13.1 Å². The first-order valence-corrected chi connectivity index (χ1v) is 10.1. The van der Waals surface area contributed by atoms with E-state index >= 15 is 0 Å². The molecule has 6 heteroatoms. The molecular formula is C22H34ClN3O2. The highest BCUT2D eigenvalue weighted by molar-refractivity contribution is 6.25. The predicted octanol–water partition coefficient (Wildman–Crippen LogP) is 4.51. The van der Waals surface area contributed by atoms with E-state index < -0.39 is 6.29 Å². The lowest BCUT2D eigenvalue weighted by atomic mass is 10.1. The number of nitrogens with zero attached hydrogens (tertiary/aromatic N) is 2. The maximum absolute atomic E-state index is 8.78. The van der Waals surface area contributed by atoms with Crippen LogP contribution in [0.3, 0.4) is 0 Å². The number of unbranched alkanes of at least 4 members (excludes halogenated alkanes) is 2. The van der Waals surface area contributed by atoms with Crippen molar-refractivity contribution < 1.29 is 10.2 Å². The van der Waals surface area contributed by atoms with Gasteiger partial charge in [0.15, 0.2) is 6.29 Å². The molecule has 156 valence electrons. The minimum Gasteiger partial charge on any atom is -0.368 e. The number of allylic oxidation sites excluding steroid dienone is 5. The predicted molar refractivity (Wildman–Crippen MR) is 122 cm³/mol. The number of halogens is 1. The van der Waals surface area contributed by atoms with Gasteiger partial charge in [0.25, 0.3) is 0 Å². The molecule has 0 fully saturated rings. The molecule has 0 saturated carbocycles. The van der Waals surface area contributed by atoms with Crippen LogP contribution >= 0.6 is 11.6 Å². The highest BCUT2D eigenvalue weighted by atomic mass is 35.5. The number of aliphatic hydroxyl groups is 2. The lowest BCUT2D eigenvalue weighted by Crippen LogP contribution is -2.20. The Morgan fingerprint density at radius 3 is 2.71 bits per heavy atom. The fraction of sp³-hybridized carbons (Fsp3) is 0.455. The Hall–Kier alpha value is -1.79. The number of aliphatic imine (C=N–C) groups is 2. The van der Waals surface area contributed by atoms with Gasteiger partial charge >= 0.3 is 0 Å². The second-order valence-corrected chi connectivity index (χ2v) is 6.35. The highest BCUT2D eigenvalue weighted by Crippen LogP contribution is 2.06. The molecule has 0 aromatic heterocycles. The van der Waals surface area contributed by atoms with Crippen molar-refractivity contribution >= 4 is 24.0 Å². The van der Waals surface area contributed by atoms with Gasteiger partial charge in [0.2, 0.25) is 0 Å². The third kappa shape index (κ3) is 17.6. The Morgan fingerprint density at radius 1 is 1.21 bits per heavy atom. The van der Waals surface area contributed by atoms with Crippen LogP contribution in [0.5, 0.6) is 0 Å². The van der Waals surface area contributed by atoms with Crippen LogP contribution in [0.4, 0.5) is 0 Å². The molecular weight excluding hydrogens is 374 g/mol. The average Bonchev–Trinajstić information content (AvgIpc) is 2.69. The molecule has 0 saturated heterocycles. The summed E-state index contributed by atoms with van der Waals surface area (Å²) in [5, 5.41) is 20.9. The summed E-state index contributed by atoms with van der Waals surface area (Å²) in [6, 6.07) is 0. The molecule has 0 aliphatic heterocycles. The molecule has 0 radical (unpaired) electrons. The maximum Gasteiger partial charge on any atom is 0.151 e. The molecule has 0 aliphatic carbocycles. The second-order valence-electron chi connectivity index (χ2n) is 6.09. The van der Waals surface area contributed by atoms with Gasteiger partial charge in [0.05, 0.1) is 0 Å². The van der Waals surface area contributed by atoms with Crippen molar-refractivity contribution in [3.8, 4) is 0 Å². The van der Waals surface area contributed by atoms with Crippen molar-refractivity contribution in [1.82, 2.24) is 5.32 Å². The molecule has 0 bridgehead atoms. The van der Waals surface area contributed by atoms with Gasteiger partial charge in [0.1, 0.15) is 0 Å². The van der Waals surface area contributed by atoms with Crippen LogP contribution in [0.15, 0.2) is 70.5 Å². The second kappa shape index (κ2) is 20.0. The summed E-state index contributed by atoms with van der Waals surface area (Å²) < 4.78 is 0. The van der Waals surface area contributed by atoms with Gasteiger partial charge in [-0.1, -0.05) is 55.5 Å². The van der Waals surface area contributed by atoms with E-state index in [0.717, 1.165) is 44.3 Å². The average molecular weight is 408 g/mol. The van der Waals surface area contributed by atoms with Gasteiger partial charge in [-0.3, -0.25) is 9.98 Å². The Kier molecular flexibility index (Phi) is 18.7. The summed E-state index contributed by atoms with van der Waals surface area (Å²) in [4.78, 5) is 8.56. The standard InChI is InChI=1S/C22H34ClN3O2/c1-3-20(10-8-14-23)18-26-16-9-11-21(19-24-4-2)13-17-25-15-7-5-6-12-22(27)28/h3,8-10,13-18,21-22,24,27-28H,1,4-7,11-12,19H2,2H3/b14-8+,16-9+,17-13+,20-10+,25-15?,26-18+. The molecule has 0 heterocycles. The van der Waals surface area contributed by atoms with Crippen molar-refractivity contribution in [3.63, 3.8) is 0 Å². The Bertz CT molecular complexity index is 564. The minimum absolute atomic E-state index is 0.335. The first kappa shape index (κ1) is 26.2. The monoisotopic (exact) mass is 407 g/mol. The largest absolute Gasteiger partial charge is 0.368 e. The van der Waals surface area contributed by atoms with Crippen molar-refractivity contribution in [3.05, 3.63) is 60.5 Å². The van der Waals surface area contributed by atoms with E-state index in [1.54, 1.807) is 24.6 Å². The number of aliphatic hydroxyl groups excluding tert-OH is 1. The van der Waals surface area contributed by atoms with E-state index in [9.17, 15) is 0 Å². The van der Waals surface area contributed by atoms with Gasteiger partial charge in [-0.05, 0) is 50.1 Å². The molecule has 1 atom stereocenters. The third-order valence-corrected chi connectivity index (χ3v) is 3.85. The van der Waals surface area contributed by atoms with Crippen molar-refractivity contribution in [2.24, 2.45) is 15.9 Å². The van der Waals surface area contributed by atoms with Crippen LogP contribution in [0.25, 0.3) is 0 Å². The molecule has 0 rings (SSSR count). The SMILES string of the molecule is C=CC(/C=N/C=C/CC(/C=C/N=CCCCCC(O)O)CNCC)=C\C=C\Cl. The lowest BCUT2D eigenvalue weighted by molar-refractivity contribution is -0.0464. The fourth-order valence-electron chi connectivity index (χ4n) is 2.17. The minimum atomic E-state index is -1.21. The van der Waals surface area contributed by atoms with Crippen LogP contribution in [0.1, 0.15) is 39.0 Å². The molecule has 0 aromatic carbocycles. The van der Waals surface area contributed by atoms with Gasteiger partial charge in [-0.15, -0.1) is 0 Å². The van der Waals surface area contributed by atoms with Gasteiger partial charge in [0, 0.05) is 36.9 Å². The van der Waals surface area contributed by atoms with E-state index in [2.05, 4.69) is 34.9 Å². The highest BCUT2D eigenvalue weighted by Gasteiger charge is 2.01. The number of rotatable bonds is 16. The Labute approximate surface area is 174 Å². The first-order chi connectivity index (χ1) is 13.6. The van der Waals surface area contributed by atoms with Crippen LogP contribution in [0, 0.1) is 5.92 Å². The van der Waals surface area contributed by atoms with E-state index in [1.807, 2.05) is 24.6 Å². The van der Waals surface area contributed by atoms with Crippen LogP contribution in [-0.2, 0) is 0 Å². The van der Waals surface area contributed by atoms with Gasteiger partial charge in [-0.25, -0.2) is 0 Å². The number of hydrogen-bond acceptors (Lipinski definition) is 5. The molecule has 0 aromatic rings. The molecule has 5 nitrogen and oxygen atoms in total. The quantitative estimate of drug-likeness (QED) is 0.152. The molecule has 3 N–H and O–H groups in total. The van der Waals surface area contributed by atoms with Crippen molar-refractivity contribution in [1.29, 1.82) is 0 Å². The number of hydrogen-bond donors (Lipinski definition) is 3. The summed E-state index contributed by atoms with van der Waals surface area (Å²) >= 11 is 5.50. The summed E-state index contributed by atoms with van der Waals surface area (Å²) in [6.07, 6.45) is 19.2. The fourth-order valence-corrected chi connectivity index (χ4v) is 2.24. The summed E-state index contributed by atoms with van der Waals surface area (Å²) in [7, 11) is 0. The Balaban J connectivity index is 4.40. The van der Waals surface area contributed by atoms with Crippen LogP contribution < -0.4 is 5.32 Å². The zero-order valence-corrected chi connectivity index (χ0v) is 17.5. The smallest absolute Gasteiger partial charge is 0.151 e. The van der Waals surface area contributed by atoms with E-state index in [0.29, 0.717) is 12.3 Å². The van der Waals surface area contributed by atoms with Crippen LogP contribution in [-0.4, -0.2) is 42.0 Å². The molecule has 1 unspecified atom stereocenters. The van der Waals surface area contributed by atoms with E-state index in [1.165, 1.54) is 5.54 Å². The van der Waals surface area contributed by atoms with Crippen molar-refractivity contribution in [2.45, 2.75) is 45.3 Å². The molecule has 0 aliphatic rings. The third-order valence-electron chi connectivity index (χ3n) is 3.70. The van der Waals surface area contributed by atoms with E-state index in [-0.39, 0.29) is 0 Å². The molecule has 0 amide bonds. The topological polar surface area (TPSA) is 77.2 Å². The normalized spacial score (nSPS) is 14.7. The summed E-state index contributed by atoms with van der Waals surface area (Å²) in [5.74, 6) is 0.335. The zero-order valence-electron chi connectivity index (χ0n) is 16.8. The van der Waals surface area contributed by atoms with Gasteiger partial charge in [-0.2, -0.15) is 0 Å². The van der Waals surface area contributed by atoms with Crippen LogP contribution in [0.2, 0.25) is 0 Å². The first-order valence-electron chi connectivity index (χ1n) is 9.66. The summed E-state index contributed by atoms with van der Waals surface area (Å²) in [5.41, 5.74) is 2.32. The lowest BCUT2D eigenvalue weighted by Gasteiger charge is -2.09. The van der Waals surface area contributed by atoms with Gasteiger partial charge < -0.3 is 15.5 Å². The summed E-state index contributed by atoms with van der Waals surface area (Å²) in [6.45, 7) is 7.62.